The maximum absolute atomic E-state index is 6.47. The van der Waals surface area contributed by atoms with E-state index >= 15 is 0 Å². The molecule has 4 aromatic rings. The van der Waals surface area contributed by atoms with Crippen LogP contribution in [0.2, 0.25) is 5.02 Å². The molecule has 1 aliphatic heterocycles. The Labute approximate surface area is 196 Å². The van der Waals surface area contributed by atoms with E-state index in [1.165, 1.54) is 0 Å². The first-order valence-corrected chi connectivity index (χ1v) is 11.0. The number of fused-ring (bicyclic) bond motifs is 1. The van der Waals surface area contributed by atoms with Gasteiger partial charge >= 0.3 is 0 Å². The summed E-state index contributed by atoms with van der Waals surface area (Å²) in [5, 5.41) is 4.76. The van der Waals surface area contributed by atoms with Gasteiger partial charge in [-0.1, -0.05) is 23.7 Å². The molecule has 0 fully saturated rings. The lowest BCUT2D eigenvalue weighted by atomic mass is 10.1. The van der Waals surface area contributed by atoms with Gasteiger partial charge in [0, 0.05) is 23.7 Å². The van der Waals surface area contributed by atoms with Crippen molar-refractivity contribution in [2.75, 3.05) is 11.9 Å². The van der Waals surface area contributed by atoms with E-state index in [1.807, 2.05) is 55.5 Å². The number of rotatable bonds is 7. The molecule has 2 aromatic carbocycles. The van der Waals surface area contributed by atoms with Crippen molar-refractivity contribution in [1.82, 2.24) is 15.0 Å². The summed E-state index contributed by atoms with van der Waals surface area (Å²) >= 11 is 6.47. The van der Waals surface area contributed by atoms with Crippen LogP contribution in [-0.2, 0) is 17.8 Å². The highest BCUT2D eigenvalue weighted by Crippen LogP contribution is 2.31. The van der Waals surface area contributed by atoms with Crippen molar-refractivity contribution in [3.63, 3.8) is 0 Å². The van der Waals surface area contributed by atoms with Crippen molar-refractivity contribution in [1.29, 1.82) is 0 Å². The van der Waals surface area contributed by atoms with Crippen LogP contribution in [0.1, 0.15) is 18.2 Å². The minimum Gasteiger partial charge on any atom is -0.486 e. The van der Waals surface area contributed by atoms with Gasteiger partial charge in [-0.25, -0.2) is 9.97 Å². The zero-order valence-corrected chi connectivity index (χ0v) is 18.8. The maximum atomic E-state index is 6.47. The summed E-state index contributed by atoms with van der Waals surface area (Å²) in [6, 6.07) is 17.3. The first-order chi connectivity index (χ1) is 16.1. The summed E-state index contributed by atoms with van der Waals surface area (Å²) in [4.78, 5) is 17.5. The lowest BCUT2D eigenvalue weighted by Gasteiger charge is -2.12. The second-order valence-electron chi connectivity index (χ2n) is 7.79. The predicted molar refractivity (Wildman–Crippen MR) is 129 cm³/mol. The average Bonchev–Trinajstić information content (AvgIpc) is 3.24. The zero-order valence-electron chi connectivity index (χ0n) is 18.0. The van der Waals surface area contributed by atoms with Crippen LogP contribution < -0.4 is 10.1 Å². The second kappa shape index (κ2) is 9.42. The molecule has 33 heavy (non-hydrogen) atoms. The van der Waals surface area contributed by atoms with Crippen molar-refractivity contribution in [2.45, 2.75) is 26.1 Å². The Morgan fingerprint density at radius 2 is 2.03 bits per heavy atom. The summed E-state index contributed by atoms with van der Waals surface area (Å²) < 4.78 is 11.6. The minimum absolute atomic E-state index is 0.140. The van der Waals surface area contributed by atoms with Crippen molar-refractivity contribution in [3.05, 3.63) is 83.4 Å². The molecule has 1 atom stereocenters. The third-order valence-electron chi connectivity index (χ3n) is 5.21. The standard InChI is InChI=1S/C25H22ClN5O2/c1-16-13-28-24(33-16)11-17-5-7-22-20(10-17)25(30-15-29-22)31-18-6-8-23(21(26)12-18)32-14-19-4-2-3-9-27-19/h2-10,12,15-16H,11,13-14H2,1H3,(H,29,30,31)/t16-/m1/s1. The molecule has 5 rings (SSSR count). The van der Waals surface area contributed by atoms with Crippen LogP contribution >= 0.6 is 11.6 Å². The third-order valence-corrected chi connectivity index (χ3v) is 5.51. The van der Waals surface area contributed by atoms with Gasteiger partial charge in [-0.3, -0.25) is 9.98 Å². The van der Waals surface area contributed by atoms with Gasteiger partial charge in [0.15, 0.2) is 5.90 Å². The zero-order chi connectivity index (χ0) is 22.6. The van der Waals surface area contributed by atoms with Crippen molar-refractivity contribution < 1.29 is 9.47 Å². The van der Waals surface area contributed by atoms with E-state index in [2.05, 4.69) is 31.3 Å². The molecule has 0 saturated heterocycles. The van der Waals surface area contributed by atoms with Crippen LogP contribution in [0.25, 0.3) is 10.9 Å². The van der Waals surface area contributed by atoms with Crippen LogP contribution in [-0.4, -0.2) is 33.5 Å². The fourth-order valence-electron chi connectivity index (χ4n) is 3.59. The highest BCUT2D eigenvalue weighted by atomic mass is 35.5. The molecule has 2 aromatic heterocycles. The van der Waals surface area contributed by atoms with E-state index in [4.69, 9.17) is 21.1 Å². The molecule has 0 bridgehead atoms. The molecule has 8 heteroatoms. The number of aromatic nitrogens is 3. The van der Waals surface area contributed by atoms with E-state index in [0.29, 0.717) is 36.2 Å². The molecule has 1 N–H and O–H groups in total. The van der Waals surface area contributed by atoms with Crippen LogP contribution in [0.3, 0.4) is 0 Å². The van der Waals surface area contributed by atoms with Gasteiger partial charge < -0.3 is 14.8 Å². The van der Waals surface area contributed by atoms with Gasteiger partial charge in [0.05, 0.1) is 22.8 Å². The van der Waals surface area contributed by atoms with Crippen molar-refractivity contribution in [2.24, 2.45) is 4.99 Å². The number of hydrogen-bond donors (Lipinski definition) is 1. The first kappa shape index (κ1) is 21.2. The molecule has 0 amide bonds. The monoisotopic (exact) mass is 459 g/mol. The van der Waals surface area contributed by atoms with E-state index in [9.17, 15) is 0 Å². The molecule has 0 saturated carbocycles. The number of halogens is 1. The number of nitrogens with zero attached hydrogens (tertiary/aromatic N) is 4. The number of hydrogen-bond acceptors (Lipinski definition) is 7. The lowest BCUT2D eigenvalue weighted by molar-refractivity contribution is 0.241. The summed E-state index contributed by atoms with van der Waals surface area (Å²) in [6.45, 7) is 3.08. The van der Waals surface area contributed by atoms with E-state index in [-0.39, 0.29) is 6.10 Å². The van der Waals surface area contributed by atoms with Gasteiger partial charge in [-0.2, -0.15) is 0 Å². The van der Waals surface area contributed by atoms with Crippen molar-refractivity contribution in [3.8, 4) is 5.75 Å². The van der Waals surface area contributed by atoms with Gasteiger partial charge in [-0.15, -0.1) is 0 Å². The topological polar surface area (TPSA) is 81.5 Å². The normalized spacial score (nSPS) is 15.2. The molecule has 0 spiro atoms. The average molecular weight is 460 g/mol. The number of anilines is 2. The van der Waals surface area contributed by atoms with Crippen LogP contribution in [0.4, 0.5) is 11.5 Å². The first-order valence-electron chi connectivity index (χ1n) is 10.7. The molecular weight excluding hydrogens is 438 g/mol. The third kappa shape index (κ3) is 5.04. The molecular formula is C25H22ClN5O2. The van der Waals surface area contributed by atoms with Gasteiger partial charge in [0.2, 0.25) is 0 Å². The number of aliphatic imine (C=N–C) groups is 1. The number of pyridine rings is 1. The largest absolute Gasteiger partial charge is 0.486 e. The Balaban J connectivity index is 1.33. The van der Waals surface area contributed by atoms with Gasteiger partial charge in [0.25, 0.3) is 0 Å². The molecule has 0 aliphatic carbocycles. The Bertz CT molecular complexity index is 1310. The SMILES string of the molecule is C[C@@H]1CN=C(Cc2ccc3ncnc(Nc4ccc(OCc5ccccn5)c(Cl)c4)c3c2)O1. The molecule has 1 aliphatic rings. The Kier molecular flexibility index (Phi) is 6.04. The highest BCUT2D eigenvalue weighted by molar-refractivity contribution is 6.32. The Morgan fingerprint density at radius 3 is 2.82 bits per heavy atom. The van der Waals surface area contributed by atoms with E-state index in [0.717, 1.165) is 33.7 Å². The quantitative estimate of drug-likeness (QED) is 0.400. The van der Waals surface area contributed by atoms with Crippen LogP contribution in [0.15, 0.2) is 72.1 Å². The maximum Gasteiger partial charge on any atom is 0.188 e. The van der Waals surface area contributed by atoms with E-state index < -0.39 is 0 Å². The molecule has 3 heterocycles. The fraction of sp³-hybridized carbons (Fsp3) is 0.200. The van der Waals surface area contributed by atoms with E-state index in [1.54, 1.807) is 12.5 Å². The summed E-state index contributed by atoms with van der Waals surface area (Å²) in [6.07, 6.45) is 4.06. The highest BCUT2D eigenvalue weighted by Gasteiger charge is 2.16. The van der Waals surface area contributed by atoms with Crippen LogP contribution in [0, 0.1) is 0 Å². The van der Waals surface area contributed by atoms with Gasteiger partial charge in [-0.05, 0) is 55.0 Å². The van der Waals surface area contributed by atoms with Crippen LogP contribution in [0.5, 0.6) is 5.75 Å². The van der Waals surface area contributed by atoms with Crippen molar-refractivity contribution >= 4 is 39.9 Å². The Hall–Kier alpha value is -3.71. The predicted octanol–water partition coefficient (Wildman–Crippen LogP) is 5.36. The number of ether oxygens (including phenoxy) is 2. The molecule has 7 nitrogen and oxygen atoms in total. The molecule has 0 unspecified atom stereocenters. The number of benzene rings is 2. The molecule has 0 radical (unpaired) electrons. The summed E-state index contributed by atoms with van der Waals surface area (Å²) in [5.41, 5.74) is 3.57. The van der Waals surface area contributed by atoms with Gasteiger partial charge in [0.1, 0.15) is 30.6 Å². The summed E-state index contributed by atoms with van der Waals surface area (Å²) in [7, 11) is 0. The summed E-state index contributed by atoms with van der Waals surface area (Å²) in [5.74, 6) is 2.05. The lowest BCUT2D eigenvalue weighted by Crippen LogP contribution is -2.09. The second-order valence-corrected chi connectivity index (χ2v) is 8.20. The number of nitrogens with one attached hydrogen (secondary N) is 1. The molecule has 166 valence electrons. The Morgan fingerprint density at radius 1 is 1.09 bits per heavy atom. The fourth-order valence-corrected chi connectivity index (χ4v) is 3.83. The smallest absolute Gasteiger partial charge is 0.188 e. The minimum atomic E-state index is 0.140.